The van der Waals surface area contributed by atoms with Gasteiger partial charge in [0.1, 0.15) is 16.9 Å². The summed E-state index contributed by atoms with van der Waals surface area (Å²) in [7, 11) is 0. The second-order valence-electron chi connectivity index (χ2n) is 35.5. The van der Waals surface area contributed by atoms with Crippen molar-refractivity contribution in [2.45, 2.75) is 30.1 Å². The maximum Gasteiger partial charge on any atom is 0.159 e. The van der Waals surface area contributed by atoms with E-state index in [0.29, 0.717) is 0 Å². The second kappa shape index (κ2) is 28.8. The molecule has 2 heterocycles. The third-order valence-electron chi connectivity index (χ3n) is 28.6. The van der Waals surface area contributed by atoms with E-state index in [0.717, 1.165) is 89.8 Å². The summed E-state index contributed by atoms with van der Waals surface area (Å²) in [6.45, 7) is 4.70. The maximum atomic E-state index is 7.15. The summed E-state index contributed by atoms with van der Waals surface area (Å²) in [6.07, 6.45) is 0. The quantitative estimate of drug-likeness (QED) is 0.152. The van der Waals surface area contributed by atoms with Gasteiger partial charge in [0.05, 0.1) is 16.5 Å². The molecule has 6 aliphatic rings. The van der Waals surface area contributed by atoms with Crippen LogP contribution in [0.15, 0.2) is 465 Å². The molecule has 0 fully saturated rings. The molecule has 27 rings (SSSR count). The van der Waals surface area contributed by atoms with Crippen LogP contribution in [0.3, 0.4) is 0 Å². The third kappa shape index (κ3) is 11.0. The lowest BCUT2D eigenvalue weighted by Gasteiger charge is -2.35. The number of ether oxygens (including phenoxy) is 1. The number of hydrogen-bond acceptors (Lipinski definition) is 4. The molecule has 604 valence electrons. The molecule has 0 N–H and O–H groups in total. The van der Waals surface area contributed by atoms with E-state index >= 15 is 0 Å². The molecule has 0 saturated carbocycles. The number of fused-ring (bicyclic) bond motifs is 35. The highest BCUT2D eigenvalue weighted by molar-refractivity contribution is 6.07. The number of para-hydroxylation sites is 3. The van der Waals surface area contributed by atoms with Gasteiger partial charge < -0.3 is 19.0 Å². The largest absolute Gasteiger partial charge is 0.456 e. The van der Waals surface area contributed by atoms with E-state index in [1.165, 1.54) is 156 Å². The number of rotatable bonds is 8. The van der Waals surface area contributed by atoms with Gasteiger partial charge in [0.15, 0.2) is 5.75 Å². The minimum atomic E-state index is -0.556. The highest BCUT2D eigenvalue weighted by Gasteiger charge is 2.52. The standard InChI is InChI=1S/C64H43NO.C61H39NO/c1-63(2)55-22-10-5-19-49(55)51-34-32-43(38-60(51)63)65(44-33-35-53-52-21-9-14-26-61(52)66-62(53)39-44)42-30-27-40(28-31-42)41-29-36-59-54(37-41)50-20-8-13-25-58(50)64(59)56-23-11-6-17-47(56)45-15-3-4-16-46(45)48-18-7-12-24-57(48)64;1-2-17-40(18-3-1)41-33-35-42(36-34-41)62(58-31-16-27-52-47-22-7-6-21-46(47)51-26-11-15-32-59(51)63-60(52)58)43-37-38-57-53(39-43)50-25-10-14-30-56(50)61(57)54-28-12-8-23-48(54)44-19-4-5-20-45(44)49-24-9-13-29-55(49)61/h3-39H,1-2H3;1-39H. The monoisotopic (exact) mass is 1640 g/mol. The minimum absolute atomic E-state index is 0.129. The van der Waals surface area contributed by atoms with Gasteiger partial charge in [0.25, 0.3) is 0 Å². The molecule has 2 spiro atoms. The molecular formula is C125H82N2O2. The minimum Gasteiger partial charge on any atom is -0.456 e. The average Bonchev–Trinajstić information content (AvgIpc) is 1.52. The van der Waals surface area contributed by atoms with Gasteiger partial charge in [-0.15, -0.1) is 0 Å². The summed E-state index contributed by atoms with van der Waals surface area (Å²) < 4.78 is 13.6. The van der Waals surface area contributed by atoms with Crippen molar-refractivity contribution in [3.05, 3.63) is 517 Å². The van der Waals surface area contributed by atoms with Gasteiger partial charge in [-0.3, -0.25) is 0 Å². The van der Waals surface area contributed by atoms with E-state index in [1.807, 2.05) is 6.07 Å². The van der Waals surface area contributed by atoms with Gasteiger partial charge >= 0.3 is 0 Å². The van der Waals surface area contributed by atoms with Crippen LogP contribution in [0.2, 0.25) is 0 Å². The lowest BCUT2D eigenvalue weighted by molar-refractivity contribution is 0.489. The summed E-state index contributed by atoms with van der Waals surface area (Å²) >= 11 is 0. The van der Waals surface area contributed by atoms with Gasteiger partial charge in [-0.1, -0.05) is 384 Å². The molecular weight excluding hydrogens is 1560 g/mol. The Hall–Kier alpha value is -16.4. The maximum absolute atomic E-state index is 7.15. The van der Waals surface area contributed by atoms with Crippen LogP contribution in [0.25, 0.3) is 144 Å². The van der Waals surface area contributed by atoms with Crippen LogP contribution in [0.4, 0.5) is 34.1 Å². The van der Waals surface area contributed by atoms with Crippen molar-refractivity contribution in [3.63, 3.8) is 0 Å². The zero-order valence-electron chi connectivity index (χ0n) is 71.1. The fourth-order valence-corrected chi connectivity index (χ4v) is 23.1. The molecule has 1 aromatic heterocycles. The van der Waals surface area contributed by atoms with Gasteiger partial charge in [-0.05, 0) is 252 Å². The van der Waals surface area contributed by atoms with Crippen LogP contribution >= 0.6 is 0 Å². The normalized spacial score (nSPS) is 13.6. The van der Waals surface area contributed by atoms with Crippen LogP contribution in [-0.4, -0.2) is 0 Å². The van der Waals surface area contributed by atoms with Gasteiger partial charge in [0, 0.05) is 61.8 Å². The number of benzene rings is 20. The fraction of sp³-hybridized carbons (Fsp3) is 0.0400. The molecule has 0 unspecified atom stereocenters. The fourth-order valence-electron chi connectivity index (χ4n) is 23.1. The van der Waals surface area contributed by atoms with Crippen molar-refractivity contribution in [2.24, 2.45) is 0 Å². The predicted octanol–water partition coefficient (Wildman–Crippen LogP) is 33.3. The summed E-state index contributed by atoms with van der Waals surface area (Å²) in [4.78, 5) is 4.78. The first-order valence-electron chi connectivity index (χ1n) is 44.8. The number of hydrogen-bond donors (Lipinski definition) is 0. The predicted molar refractivity (Wildman–Crippen MR) is 532 cm³/mol. The summed E-state index contributed by atoms with van der Waals surface area (Å²) in [5.41, 5.74) is 47.1. The first-order valence-corrected chi connectivity index (χ1v) is 44.8. The van der Waals surface area contributed by atoms with Crippen LogP contribution in [0.1, 0.15) is 69.5 Å². The van der Waals surface area contributed by atoms with Crippen LogP contribution in [0, 0.1) is 0 Å². The highest BCUT2D eigenvalue weighted by atomic mass is 16.5. The molecule has 0 saturated heterocycles. The van der Waals surface area contributed by atoms with Crippen molar-refractivity contribution < 1.29 is 9.15 Å². The van der Waals surface area contributed by atoms with E-state index in [1.54, 1.807) is 0 Å². The molecule has 21 aromatic rings. The van der Waals surface area contributed by atoms with Gasteiger partial charge in [-0.25, -0.2) is 0 Å². The Morgan fingerprint density at radius 1 is 0.186 bits per heavy atom. The molecule has 20 aromatic carbocycles. The number of anilines is 6. The first-order chi connectivity index (χ1) is 63.7. The van der Waals surface area contributed by atoms with Crippen molar-refractivity contribution in [1.82, 2.24) is 0 Å². The van der Waals surface area contributed by atoms with Crippen LogP contribution in [-0.2, 0) is 16.2 Å². The molecule has 4 heteroatoms. The Morgan fingerprint density at radius 2 is 0.519 bits per heavy atom. The van der Waals surface area contributed by atoms with Gasteiger partial charge in [-0.2, -0.15) is 0 Å². The summed E-state index contributed by atoms with van der Waals surface area (Å²) in [6, 6.07) is 170. The lowest BCUT2D eigenvalue weighted by Crippen LogP contribution is -2.29. The molecule has 0 amide bonds. The van der Waals surface area contributed by atoms with Crippen LogP contribution < -0.4 is 14.5 Å². The summed E-state index contributed by atoms with van der Waals surface area (Å²) in [5.74, 6) is 1.66. The van der Waals surface area contributed by atoms with Crippen molar-refractivity contribution in [1.29, 1.82) is 0 Å². The SMILES string of the molecule is CC1(C)c2ccccc2-c2ccc(N(c3ccc(-c4ccc5c(c4)-c4ccccc4C54c5ccccc5-c5ccccc5-c5ccccc54)cc3)c3ccc4c(c3)oc3ccccc34)cc21.c1ccc(-c2ccc(N(c3ccc4c(c3)-c3ccccc3C43c4ccccc4-c4ccccc4-c4ccccc43)c3cccc4c3Oc3ccccc3-c3ccccc3-4)cc2)cc1. The zero-order chi connectivity index (χ0) is 85.2. The number of furan rings is 1. The number of nitrogens with zero attached hydrogens (tertiary/aromatic N) is 2. The van der Waals surface area contributed by atoms with Gasteiger partial charge in [0.2, 0.25) is 0 Å². The third-order valence-corrected chi connectivity index (χ3v) is 28.6. The first kappa shape index (κ1) is 74.1. The second-order valence-corrected chi connectivity index (χ2v) is 35.5. The van der Waals surface area contributed by atoms with E-state index in [2.05, 4.69) is 479 Å². The topological polar surface area (TPSA) is 28.9 Å². The summed E-state index contributed by atoms with van der Waals surface area (Å²) in [5, 5.41) is 2.25. The molecule has 0 atom stereocenters. The molecule has 4 nitrogen and oxygen atoms in total. The average molecular weight is 1640 g/mol. The van der Waals surface area contributed by atoms with E-state index in [4.69, 9.17) is 9.15 Å². The smallest absolute Gasteiger partial charge is 0.159 e. The molecule has 1 aliphatic heterocycles. The Balaban J connectivity index is 0.000000136. The van der Waals surface area contributed by atoms with Crippen LogP contribution in [0.5, 0.6) is 11.5 Å². The highest BCUT2D eigenvalue weighted by Crippen LogP contribution is 2.66. The molecule has 0 bridgehead atoms. The Labute approximate surface area is 750 Å². The van der Waals surface area contributed by atoms with Crippen molar-refractivity contribution in [3.8, 4) is 134 Å². The Bertz CT molecular complexity index is 8070. The van der Waals surface area contributed by atoms with E-state index < -0.39 is 10.8 Å². The van der Waals surface area contributed by atoms with Crippen molar-refractivity contribution in [2.75, 3.05) is 9.80 Å². The zero-order valence-corrected chi connectivity index (χ0v) is 71.1. The van der Waals surface area contributed by atoms with E-state index in [-0.39, 0.29) is 5.41 Å². The molecule has 5 aliphatic carbocycles. The Morgan fingerprint density at radius 3 is 1.06 bits per heavy atom. The van der Waals surface area contributed by atoms with E-state index in [9.17, 15) is 0 Å². The van der Waals surface area contributed by atoms with Crippen molar-refractivity contribution >= 4 is 56.1 Å². The lowest BCUT2D eigenvalue weighted by atomic mass is 9.66. The Kier molecular flexibility index (Phi) is 16.6. The molecule has 129 heavy (non-hydrogen) atoms. The molecule has 0 radical (unpaired) electrons.